The maximum absolute atomic E-state index is 12.9. The fraction of sp³-hybridized carbons (Fsp3) is 0.312. The Bertz CT molecular complexity index is 915. The number of rotatable bonds is 6. The molecule has 0 aliphatic heterocycles. The van der Waals surface area contributed by atoms with Gasteiger partial charge in [0.05, 0.1) is 35.8 Å². The molecule has 1 aromatic heterocycles. The number of oxime groups is 1. The summed E-state index contributed by atoms with van der Waals surface area (Å²) in [6.07, 6.45) is -4.88. The Hall–Kier alpha value is -2.27. The lowest BCUT2D eigenvalue weighted by atomic mass is 10.2. The maximum Gasteiger partial charge on any atom is 0.436 e. The van der Waals surface area contributed by atoms with Crippen molar-refractivity contribution in [3.8, 4) is 5.75 Å². The second kappa shape index (κ2) is 8.82. The van der Waals surface area contributed by atoms with Gasteiger partial charge in [0.1, 0.15) is 5.75 Å². The average molecular weight is 484 g/mol. The minimum atomic E-state index is -4.61. The van der Waals surface area contributed by atoms with Crippen molar-refractivity contribution in [1.29, 1.82) is 0 Å². The summed E-state index contributed by atoms with van der Waals surface area (Å²) >= 11 is 8.75. The smallest absolute Gasteiger partial charge is 0.436 e. The molecule has 0 saturated carbocycles. The van der Waals surface area contributed by atoms with Crippen LogP contribution in [0.2, 0.25) is 5.02 Å². The number of ether oxygens (including phenoxy) is 1. The van der Waals surface area contributed by atoms with Crippen molar-refractivity contribution in [3.63, 3.8) is 0 Å². The second-order valence-corrected chi connectivity index (χ2v) is 6.73. The number of carbonyl (C=O) groups is 1. The number of benzene rings is 1. The third-order valence-electron chi connectivity index (χ3n) is 3.61. The summed E-state index contributed by atoms with van der Waals surface area (Å²) in [5, 5.41) is 7.38. The van der Waals surface area contributed by atoms with Crippen molar-refractivity contribution >= 4 is 39.3 Å². The Kier molecular flexibility index (Phi) is 6.94. The molecule has 0 fully saturated rings. The largest absolute Gasteiger partial charge is 0.496 e. The van der Waals surface area contributed by atoms with Crippen molar-refractivity contribution in [2.75, 3.05) is 7.11 Å². The van der Waals surface area contributed by atoms with Crippen molar-refractivity contribution in [3.05, 3.63) is 44.6 Å². The van der Waals surface area contributed by atoms with E-state index in [4.69, 9.17) is 26.9 Å². The maximum atomic E-state index is 12.9. The molecular weight excluding hydrogens is 469 g/mol. The number of hydrogen-bond donors (Lipinski definition) is 1. The second-order valence-electron chi connectivity index (χ2n) is 5.50. The molecule has 2 N–H and O–H groups in total. The van der Waals surface area contributed by atoms with Crippen molar-refractivity contribution < 1.29 is 27.5 Å². The van der Waals surface area contributed by atoms with E-state index in [-0.39, 0.29) is 29.0 Å². The molecule has 0 radical (unpaired) electrons. The van der Waals surface area contributed by atoms with E-state index in [1.54, 1.807) is 12.1 Å². The predicted molar refractivity (Wildman–Crippen MR) is 99.1 cm³/mol. The molecule has 0 atom stereocenters. The molecule has 0 bridgehead atoms. The fourth-order valence-electron chi connectivity index (χ4n) is 2.20. The number of carbonyl (C=O) groups excluding carboxylic acids is 1. The molecule has 2 rings (SSSR count). The third-order valence-corrected chi connectivity index (χ3v) is 4.80. The highest BCUT2D eigenvalue weighted by atomic mass is 79.9. The van der Waals surface area contributed by atoms with Gasteiger partial charge in [-0.05, 0) is 41.1 Å². The van der Waals surface area contributed by atoms with Gasteiger partial charge in [0.15, 0.2) is 11.5 Å². The number of amidine groups is 1. The highest BCUT2D eigenvalue weighted by Crippen LogP contribution is 2.35. The normalized spacial score (nSPS) is 12.2. The number of nitrogens with zero attached hydrogens (tertiary/aromatic N) is 3. The van der Waals surface area contributed by atoms with E-state index in [0.717, 1.165) is 4.68 Å². The molecule has 0 amide bonds. The zero-order valence-electron chi connectivity index (χ0n) is 14.7. The Balaban J connectivity index is 2.04. The van der Waals surface area contributed by atoms with Gasteiger partial charge in [0.25, 0.3) is 0 Å². The van der Waals surface area contributed by atoms with E-state index < -0.39 is 17.8 Å². The number of methoxy groups -OCH3 is 1. The Labute approximate surface area is 171 Å². The van der Waals surface area contributed by atoms with Gasteiger partial charge in [-0.1, -0.05) is 16.8 Å². The van der Waals surface area contributed by atoms with Gasteiger partial charge in [-0.25, -0.2) is 4.79 Å². The molecule has 0 spiro atoms. The van der Waals surface area contributed by atoms with E-state index in [9.17, 15) is 18.0 Å². The molecule has 1 heterocycles. The predicted octanol–water partition coefficient (Wildman–Crippen LogP) is 3.89. The van der Waals surface area contributed by atoms with Gasteiger partial charge in [0.2, 0.25) is 0 Å². The van der Waals surface area contributed by atoms with Crippen LogP contribution in [0.1, 0.15) is 23.4 Å². The van der Waals surface area contributed by atoms with Gasteiger partial charge in [-0.15, -0.1) is 0 Å². The SMILES string of the molecule is COc1ccc(Cl)cc1/C(N)=N/OC(=O)CCn1nc(C(F)(F)F)c(Br)c1C. The zero-order chi connectivity index (χ0) is 21.1. The summed E-state index contributed by atoms with van der Waals surface area (Å²) in [6, 6.07) is 4.64. The van der Waals surface area contributed by atoms with Crippen LogP contribution in [0, 0.1) is 6.92 Å². The third kappa shape index (κ3) is 5.16. The van der Waals surface area contributed by atoms with Crippen molar-refractivity contribution in [2.45, 2.75) is 26.1 Å². The molecule has 0 aliphatic carbocycles. The van der Waals surface area contributed by atoms with Crippen LogP contribution in [0.5, 0.6) is 5.75 Å². The fourth-order valence-corrected chi connectivity index (χ4v) is 2.88. The monoisotopic (exact) mass is 482 g/mol. The molecular formula is C16H15BrClF3N4O3. The Morgan fingerprint density at radius 3 is 2.68 bits per heavy atom. The number of alkyl halides is 3. The molecule has 7 nitrogen and oxygen atoms in total. The summed E-state index contributed by atoms with van der Waals surface area (Å²) in [5.74, 6) is -0.577. The van der Waals surface area contributed by atoms with Crippen LogP contribution in [0.4, 0.5) is 13.2 Å². The van der Waals surface area contributed by atoms with Gasteiger partial charge >= 0.3 is 12.1 Å². The first-order valence-electron chi connectivity index (χ1n) is 7.72. The topological polar surface area (TPSA) is 91.7 Å². The lowest BCUT2D eigenvalue weighted by Crippen LogP contribution is -2.17. The van der Waals surface area contributed by atoms with Gasteiger partial charge in [-0.2, -0.15) is 18.3 Å². The molecule has 0 unspecified atom stereocenters. The van der Waals surface area contributed by atoms with Crippen LogP contribution in [0.15, 0.2) is 27.8 Å². The molecule has 2 aromatic rings. The summed E-state index contributed by atoms with van der Waals surface area (Å²) in [7, 11) is 1.42. The van der Waals surface area contributed by atoms with Gasteiger partial charge in [-0.3, -0.25) is 4.68 Å². The molecule has 1 aromatic carbocycles. The Morgan fingerprint density at radius 2 is 2.11 bits per heavy atom. The highest BCUT2D eigenvalue weighted by Gasteiger charge is 2.37. The summed E-state index contributed by atoms with van der Waals surface area (Å²) in [4.78, 5) is 16.6. The van der Waals surface area contributed by atoms with Crippen LogP contribution in [-0.2, 0) is 22.4 Å². The molecule has 0 aliphatic rings. The van der Waals surface area contributed by atoms with Crippen molar-refractivity contribution in [2.24, 2.45) is 10.9 Å². The Morgan fingerprint density at radius 1 is 1.43 bits per heavy atom. The van der Waals surface area contributed by atoms with Crippen LogP contribution >= 0.6 is 27.5 Å². The van der Waals surface area contributed by atoms with Crippen LogP contribution in [0.25, 0.3) is 0 Å². The molecule has 12 heteroatoms. The van der Waals surface area contributed by atoms with Crippen LogP contribution in [-0.4, -0.2) is 28.7 Å². The highest BCUT2D eigenvalue weighted by molar-refractivity contribution is 9.10. The zero-order valence-corrected chi connectivity index (χ0v) is 17.0. The van der Waals surface area contributed by atoms with E-state index in [0.29, 0.717) is 16.3 Å². The molecule has 0 saturated heterocycles. The minimum Gasteiger partial charge on any atom is -0.496 e. The molecule has 28 heavy (non-hydrogen) atoms. The van der Waals surface area contributed by atoms with Crippen LogP contribution in [0.3, 0.4) is 0 Å². The number of nitrogens with two attached hydrogens (primary N) is 1. The number of aromatic nitrogens is 2. The lowest BCUT2D eigenvalue weighted by Gasteiger charge is -2.08. The summed E-state index contributed by atoms with van der Waals surface area (Å²) in [6.45, 7) is 1.31. The first kappa shape index (κ1) is 22.0. The number of hydrogen-bond acceptors (Lipinski definition) is 5. The lowest BCUT2D eigenvalue weighted by molar-refractivity contribution is -0.144. The molecule has 152 valence electrons. The first-order valence-corrected chi connectivity index (χ1v) is 8.89. The van der Waals surface area contributed by atoms with Gasteiger partial charge < -0.3 is 15.3 Å². The van der Waals surface area contributed by atoms with Crippen LogP contribution < -0.4 is 10.5 Å². The van der Waals surface area contributed by atoms with E-state index in [1.807, 2.05) is 0 Å². The quantitative estimate of drug-likeness (QED) is 0.291. The summed E-state index contributed by atoms with van der Waals surface area (Å²) < 4.78 is 44.6. The first-order chi connectivity index (χ1) is 13.0. The average Bonchev–Trinajstić information content (AvgIpc) is 2.92. The number of aryl methyl sites for hydroxylation is 1. The standard InChI is InChI=1S/C16H15BrClF3N4O3/c1-8-13(17)14(16(19,20)21)23-25(8)6-5-12(26)28-24-15(22)10-7-9(18)3-4-11(10)27-2/h3-4,7H,5-6H2,1-2H3,(H2,22,24). The van der Waals surface area contributed by atoms with E-state index >= 15 is 0 Å². The van der Waals surface area contributed by atoms with Gasteiger partial charge in [0, 0.05) is 5.02 Å². The van der Waals surface area contributed by atoms with E-state index in [1.165, 1.54) is 20.1 Å². The number of halogens is 5. The van der Waals surface area contributed by atoms with E-state index in [2.05, 4.69) is 26.2 Å². The van der Waals surface area contributed by atoms with Crippen molar-refractivity contribution in [1.82, 2.24) is 9.78 Å². The summed E-state index contributed by atoms with van der Waals surface area (Å²) in [5.41, 5.74) is 5.27. The minimum absolute atomic E-state index is 0.130.